The molecule has 2 rings (SSSR count). The number of aliphatic hydroxyl groups excluding tert-OH is 1. The quantitative estimate of drug-likeness (QED) is 0.542. The van der Waals surface area contributed by atoms with Crippen molar-refractivity contribution in [1.82, 2.24) is 9.97 Å². The van der Waals surface area contributed by atoms with Crippen LogP contribution in [0, 0.1) is 6.92 Å². The molecule has 0 spiro atoms. The van der Waals surface area contributed by atoms with Crippen molar-refractivity contribution in [3.8, 4) is 0 Å². The Kier molecular flexibility index (Phi) is 4.09. The molecule has 0 aromatic carbocycles. The maximum Gasteiger partial charge on any atom is 0.255 e. The third-order valence-electron chi connectivity index (χ3n) is 2.49. The summed E-state index contributed by atoms with van der Waals surface area (Å²) in [4.78, 5) is 18.4. The van der Waals surface area contributed by atoms with Gasteiger partial charge in [0.15, 0.2) is 0 Å². The van der Waals surface area contributed by atoms with Crippen LogP contribution < -0.4 is 11.0 Å². The van der Waals surface area contributed by atoms with Crippen LogP contribution in [0.15, 0.2) is 32.7 Å². The fourth-order valence-electron chi connectivity index (χ4n) is 1.59. The Hall–Kier alpha value is -2.41. The van der Waals surface area contributed by atoms with Crippen LogP contribution in [-0.2, 0) is 6.42 Å². The van der Waals surface area contributed by atoms with Crippen LogP contribution in [0.25, 0.3) is 0 Å². The lowest BCUT2D eigenvalue weighted by Crippen LogP contribution is -2.19. The molecule has 0 amide bonds. The minimum absolute atomic E-state index is 0.0883. The van der Waals surface area contributed by atoms with Gasteiger partial charge in [-0.05, 0) is 19.1 Å². The molecule has 0 aliphatic carbocycles. The zero-order valence-corrected chi connectivity index (χ0v) is 10.4. The van der Waals surface area contributed by atoms with E-state index in [9.17, 15) is 4.79 Å². The molecule has 7 heteroatoms. The standard InChI is InChI=1S/C12H14N4O3/c1-8-10(4-5-17)11(18)15-12(14-8)16-13-7-9-3-2-6-19-9/h2-3,6-7,17H,4-5H2,1H3,(H2,14,15,16,18)/b13-7-. The molecule has 0 atom stereocenters. The van der Waals surface area contributed by atoms with Gasteiger partial charge in [0.2, 0.25) is 5.95 Å². The molecule has 0 saturated carbocycles. The SMILES string of the molecule is Cc1nc(N/N=C\c2ccco2)[nH]c(=O)c1CCO. The van der Waals surface area contributed by atoms with Crippen LogP contribution in [0.3, 0.4) is 0 Å². The molecule has 7 nitrogen and oxygen atoms in total. The predicted octanol–water partition coefficient (Wildman–Crippen LogP) is 0.652. The van der Waals surface area contributed by atoms with E-state index >= 15 is 0 Å². The number of H-pyrrole nitrogens is 1. The monoisotopic (exact) mass is 262 g/mol. The molecular formula is C12H14N4O3. The fourth-order valence-corrected chi connectivity index (χ4v) is 1.59. The summed E-state index contributed by atoms with van der Waals surface area (Å²) in [7, 11) is 0. The number of nitrogens with zero attached hydrogens (tertiary/aromatic N) is 2. The van der Waals surface area contributed by atoms with E-state index in [1.54, 1.807) is 19.1 Å². The zero-order chi connectivity index (χ0) is 13.7. The summed E-state index contributed by atoms with van der Waals surface area (Å²) in [6.45, 7) is 1.62. The highest BCUT2D eigenvalue weighted by Crippen LogP contribution is 2.03. The van der Waals surface area contributed by atoms with E-state index in [-0.39, 0.29) is 24.5 Å². The molecule has 0 aliphatic rings. The van der Waals surface area contributed by atoms with E-state index in [1.165, 1.54) is 12.5 Å². The van der Waals surface area contributed by atoms with E-state index in [4.69, 9.17) is 9.52 Å². The third kappa shape index (κ3) is 3.29. The lowest BCUT2D eigenvalue weighted by atomic mass is 10.2. The lowest BCUT2D eigenvalue weighted by Gasteiger charge is -2.04. The molecule has 19 heavy (non-hydrogen) atoms. The molecular weight excluding hydrogens is 248 g/mol. The summed E-state index contributed by atoms with van der Waals surface area (Å²) >= 11 is 0. The van der Waals surface area contributed by atoms with Gasteiger partial charge in [0.25, 0.3) is 5.56 Å². The summed E-state index contributed by atoms with van der Waals surface area (Å²) in [6, 6.07) is 3.49. The van der Waals surface area contributed by atoms with Crippen LogP contribution in [0.2, 0.25) is 0 Å². The maximum atomic E-state index is 11.7. The minimum Gasteiger partial charge on any atom is -0.463 e. The zero-order valence-electron chi connectivity index (χ0n) is 10.4. The van der Waals surface area contributed by atoms with Gasteiger partial charge in [0.1, 0.15) is 5.76 Å². The van der Waals surface area contributed by atoms with E-state index in [0.29, 0.717) is 17.0 Å². The first-order chi connectivity index (χ1) is 9.20. The second-order valence-corrected chi connectivity index (χ2v) is 3.84. The number of anilines is 1. The van der Waals surface area contributed by atoms with Crippen molar-refractivity contribution in [3.63, 3.8) is 0 Å². The Balaban J connectivity index is 2.11. The Labute approximate surface area is 109 Å². The lowest BCUT2D eigenvalue weighted by molar-refractivity contribution is 0.298. The first-order valence-electron chi connectivity index (χ1n) is 5.74. The van der Waals surface area contributed by atoms with E-state index in [0.717, 1.165) is 0 Å². The largest absolute Gasteiger partial charge is 0.463 e. The number of aromatic nitrogens is 2. The topological polar surface area (TPSA) is 104 Å². The second kappa shape index (κ2) is 5.96. The normalized spacial score (nSPS) is 11.1. The number of hydrazone groups is 1. The third-order valence-corrected chi connectivity index (χ3v) is 2.49. The number of aromatic amines is 1. The molecule has 2 aromatic rings. The Morgan fingerprint density at radius 1 is 1.63 bits per heavy atom. The second-order valence-electron chi connectivity index (χ2n) is 3.84. The number of aryl methyl sites for hydroxylation is 1. The molecule has 0 fully saturated rings. The van der Waals surface area contributed by atoms with Crippen LogP contribution in [0.4, 0.5) is 5.95 Å². The number of aliphatic hydroxyl groups is 1. The molecule has 100 valence electrons. The van der Waals surface area contributed by atoms with Crippen molar-refractivity contribution < 1.29 is 9.52 Å². The van der Waals surface area contributed by atoms with Crippen molar-refractivity contribution in [2.24, 2.45) is 5.10 Å². The van der Waals surface area contributed by atoms with Gasteiger partial charge in [0, 0.05) is 18.6 Å². The highest BCUT2D eigenvalue weighted by Gasteiger charge is 2.06. The molecule has 0 bridgehead atoms. The molecule has 3 N–H and O–H groups in total. The van der Waals surface area contributed by atoms with Crippen LogP contribution >= 0.6 is 0 Å². The summed E-state index contributed by atoms with van der Waals surface area (Å²) in [6.07, 6.45) is 3.29. The van der Waals surface area contributed by atoms with Gasteiger partial charge >= 0.3 is 0 Å². The molecule has 2 aromatic heterocycles. The van der Waals surface area contributed by atoms with E-state index < -0.39 is 0 Å². The van der Waals surface area contributed by atoms with Crippen molar-refractivity contribution in [3.05, 3.63) is 45.8 Å². The van der Waals surface area contributed by atoms with E-state index in [1.807, 2.05) is 0 Å². The number of hydrogen-bond donors (Lipinski definition) is 3. The average Bonchev–Trinajstić information content (AvgIpc) is 2.87. The Bertz CT molecular complexity index is 616. The van der Waals surface area contributed by atoms with Crippen molar-refractivity contribution >= 4 is 12.2 Å². The van der Waals surface area contributed by atoms with Gasteiger partial charge in [0.05, 0.1) is 18.2 Å². The molecule has 2 heterocycles. The average molecular weight is 262 g/mol. The first-order valence-corrected chi connectivity index (χ1v) is 5.74. The van der Waals surface area contributed by atoms with Gasteiger partial charge in [-0.3, -0.25) is 9.78 Å². The highest BCUT2D eigenvalue weighted by atomic mass is 16.3. The molecule has 0 aliphatic heterocycles. The number of furan rings is 1. The first kappa shape index (κ1) is 13.0. The van der Waals surface area contributed by atoms with Gasteiger partial charge in [-0.1, -0.05) is 0 Å². The summed E-state index contributed by atoms with van der Waals surface area (Å²) in [5.41, 5.74) is 3.37. The minimum atomic E-state index is -0.280. The summed E-state index contributed by atoms with van der Waals surface area (Å²) < 4.78 is 5.06. The number of nitrogens with one attached hydrogen (secondary N) is 2. The predicted molar refractivity (Wildman–Crippen MR) is 70.3 cm³/mol. The number of hydrogen-bond acceptors (Lipinski definition) is 6. The van der Waals surface area contributed by atoms with Crippen molar-refractivity contribution in [2.45, 2.75) is 13.3 Å². The van der Waals surface area contributed by atoms with Gasteiger partial charge in [-0.15, -0.1) is 0 Å². The Morgan fingerprint density at radius 3 is 3.11 bits per heavy atom. The Morgan fingerprint density at radius 2 is 2.47 bits per heavy atom. The maximum absolute atomic E-state index is 11.7. The smallest absolute Gasteiger partial charge is 0.255 e. The van der Waals surface area contributed by atoms with E-state index in [2.05, 4.69) is 20.5 Å². The summed E-state index contributed by atoms with van der Waals surface area (Å²) in [5.74, 6) is 0.829. The molecule has 0 radical (unpaired) electrons. The fraction of sp³-hybridized carbons (Fsp3) is 0.250. The molecule has 0 saturated heterocycles. The van der Waals surface area contributed by atoms with Crippen LogP contribution in [0.1, 0.15) is 17.0 Å². The van der Waals surface area contributed by atoms with Gasteiger partial charge in [-0.2, -0.15) is 5.10 Å². The van der Waals surface area contributed by atoms with Gasteiger partial charge < -0.3 is 9.52 Å². The van der Waals surface area contributed by atoms with Crippen molar-refractivity contribution in [1.29, 1.82) is 0 Å². The summed E-state index contributed by atoms with van der Waals surface area (Å²) in [5, 5.41) is 12.7. The highest BCUT2D eigenvalue weighted by molar-refractivity contribution is 5.76. The molecule has 0 unspecified atom stereocenters. The van der Waals surface area contributed by atoms with Crippen LogP contribution in [-0.4, -0.2) is 27.9 Å². The van der Waals surface area contributed by atoms with Crippen LogP contribution in [0.5, 0.6) is 0 Å². The van der Waals surface area contributed by atoms with Crippen molar-refractivity contribution in [2.75, 3.05) is 12.0 Å². The number of rotatable bonds is 5. The van der Waals surface area contributed by atoms with Gasteiger partial charge in [-0.25, -0.2) is 10.4 Å².